The monoisotopic (exact) mass is 425 g/mol. The van der Waals surface area contributed by atoms with Crippen LogP contribution in [0.1, 0.15) is 0 Å². The summed E-state index contributed by atoms with van der Waals surface area (Å²) in [6.45, 7) is 0. The Labute approximate surface area is 183 Å². The van der Waals surface area contributed by atoms with Crippen LogP contribution in [-0.2, 0) is 0 Å². The number of methoxy groups -OCH3 is 2. The molecule has 9 nitrogen and oxygen atoms in total. The highest BCUT2D eigenvalue weighted by Gasteiger charge is 2.11. The van der Waals surface area contributed by atoms with Crippen molar-refractivity contribution in [2.24, 2.45) is 0 Å². The van der Waals surface area contributed by atoms with Gasteiger partial charge in [0.15, 0.2) is 0 Å². The first-order chi connectivity index (χ1) is 15.7. The molecular weight excluding hydrogens is 406 g/mol. The fraction of sp³-hybridized carbons (Fsp3) is 0.0870. The maximum absolute atomic E-state index is 5.20. The van der Waals surface area contributed by atoms with Gasteiger partial charge in [-0.25, -0.2) is 14.3 Å². The molecule has 3 aromatic heterocycles. The van der Waals surface area contributed by atoms with Crippen molar-refractivity contribution in [1.82, 2.24) is 35.0 Å². The second kappa shape index (κ2) is 8.31. The molecule has 0 N–H and O–H groups in total. The topological polar surface area (TPSA) is 92.8 Å². The molecule has 3 heterocycles. The Morgan fingerprint density at radius 3 is 1.41 bits per heavy atom. The van der Waals surface area contributed by atoms with Crippen LogP contribution in [0.5, 0.6) is 11.5 Å². The van der Waals surface area contributed by atoms with E-state index in [9.17, 15) is 0 Å². The number of benzene rings is 2. The molecule has 0 saturated carbocycles. The third kappa shape index (κ3) is 3.79. The molecule has 32 heavy (non-hydrogen) atoms. The van der Waals surface area contributed by atoms with E-state index in [2.05, 4.69) is 20.6 Å². The Morgan fingerprint density at radius 1 is 0.562 bits per heavy atom. The summed E-state index contributed by atoms with van der Waals surface area (Å²) in [5, 5.41) is 17.0. The van der Waals surface area contributed by atoms with Crippen molar-refractivity contribution in [1.29, 1.82) is 0 Å². The minimum Gasteiger partial charge on any atom is -0.497 e. The molecule has 5 aromatic rings. The second-order valence-electron chi connectivity index (χ2n) is 6.90. The van der Waals surface area contributed by atoms with Crippen LogP contribution in [0.15, 0.2) is 79.1 Å². The summed E-state index contributed by atoms with van der Waals surface area (Å²) in [5.41, 5.74) is 4.46. The summed E-state index contributed by atoms with van der Waals surface area (Å²) in [6.07, 6.45) is 3.67. The zero-order chi connectivity index (χ0) is 21.9. The Hall–Kier alpha value is -4.53. The number of ether oxygens (including phenoxy) is 2. The van der Waals surface area contributed by atoms with Crippen molar-refractivity contribution in [2.75, 3.05) is 14.2 Å². The zero-order valence-electron chi connectivity index (χ0n) is 17.5. The fourth-order valence-electron chi connectivity index (χ4n) is 3.20. The van der Waals surface area contributed by atoms with Gasteiger partial charge >= 0.3 is 0 Å². The van der Waals surface area contributed by atoms with Crippen LogP contribution in [-0.4, -0.2) is 49.2 Å². The quantitative estimate of drug-likeness (QED) is 0.410. The first-order valence-corrected chi connectivity index (χ1v) is 9.85. The molecule has 0 aliphatic rings. The van der Waals surface area contributed by atoms with Crippen molar-refractivity contribution >= 4 is 0 Å². The van der Waals surface area contributed by atoms with Crippen molar-refractivity contribution in [3.05, 3.63) is 79.1 Å². The van der Waals surface area contributed by atoms with Crippen LogP contribution in [0.2, 0.25) is 0 Å². The molecule has 9 heteroatoms. The van der Waals surface area contributed by atoms with Gasteiger partial charge in [-0.15, -0.1) is 10.2 Å². The molecule has 0 aliphatic heterocycles. The Bertz CT molecular complexity index is 1240. The molecule has 0 aliphatic carbocycles. The highest BCUT2D eigenvalue weighted by molar-refractivity contribution is 5.61. The Balaban J connectivity index is 1.40. The zero-order valence-corrected chi connectivity index (χ0v) is 17.5. The molecular formula is C23H19N7O2. The van der Waals surface area contributed by atoms with Crippen molar-refractivity contribution in [3.63, 3.8) is 0 Å². The summed E-state index contributed by atoms with van der Waals surface area (Å²) in [6, 6.07) is 20.9. The minimum atomic E-state index is 0.658. The van der Waals surface area contributed by atoms with Gasteiger partial charge in [0.05, 0.1) is 49.4 Å². The highest BCUT2D eigenvalue weighted by atomic mass is 16.5. The van der Waals surface area contributed by atoms with E-state index in [1.807, 2.05) is 79.1 Å². The van der Waals surface area contributed by atoms with Gasteiger partial charge in [-0.1, -0.05) is 16.5 Å². The van der Waals surface area contributed by atoms with Gasteiger partial charge in [-0.2, -0.15) is 0 Å². The molecule has 0 amide bonds. The summed E-state index contributed by atoms with van der Waals surface area (Å²) >= 11 is 0. The normalized spacial score (nSPS) is 10.8. The second-order valence-corrected chi connectivity index (χ2v) is 6.90. The van der Waals surface area contributed by atoms with Crippen LogP contribution < -0.4 is 9.47 Å². The van der Waals surface area contributed by atoms with Gasteiger partial charge in [-0.05, 0) is 60.7 Å². The minimum absolute atomic E-state index is 0.658. The fourth-order valence-corrected chi connectivity index (χ4v) is 3.20. The van der Waals surface area contributed by atoms with E-state index in [1.165, 1.54) is 0 Å². The summed E-state index contributed by atoms with van der Waals surface area (Å²) < 4.78 is 13.8. The van der Waals surface area contributed by atoms with Gasteiger partial charge in [0.25, 0.3) is 0 Å². The summed E-state index contributed by atoms with van der Waals surface area (Å²) in [4.78, 5) is 4.71. The molecule has 0 saturated heterocycles. The van der Waals surface area contributed by atoms with Crippen LogP contribution >= 0.6 is 0 Å². The highest BCUT2D eigenvalue weighted by Crippen LogP contribution is 2.22. The third-order valence-electron chi connectivity index (χ3n) is 4.93. The van der Waals surface area contributed by atoms with Crippen molar-refractivity contribution in [2.45, 2.75) is 0 Å². The van der Waals surface area contributed by atoms with Gasteiger partial charge in [-0.3, -0.25) is 0 Å². The van der Waals surface area contributed by atoms with E-state index in [1.54, 1.807) is 23.6 Å². The average molecular weight is 425 g/mol. The van der Waals surface area contributed by atoms with Gasteiger partial charge in [0, 0.05) is 0 Å². The average Bonchev–Trinajstić information content (AvgIpc) is 3.55. The first-order valence-electron chi connectivity index (χ1n) is 9.85. The molecule has 158 valence electrons. The van der Waals surface area contributed by atoms with Crippen LogP contribution in [0.4, 0.5) is 0 Å². The molecule has 0 bridgehead atoms. The largest absolute Gasteiger partial charge is 0.497 e. The predicted molar refractivity (Wildman–Crippen MR) is 118 cm³/mol. The Kier molecular flexibility index (Phi) is 5.04. The lowest BCUT2D eigenvalue weighted by Gasteiger charge is -2.02. The Morgan fingerprint density at radius 2 is 1.00 bits per heavy atom. The van der Waals surface area contributed by atoms with E-state index in [4.69, 9.17) is 14.5 Å². The lowest BCUT2D eigenvalue weighted by atomic mass is 10.2. The molecule has 0 unspecified atom stereocenters. The van der Waals surface area contributed by atoms with Crippen molar-refractivity contribution < 1.29 is 9.47 Å². The molecule has 0 fully saturated rings. The molecule has 5 rings (SSSR count). The van der Waals surface area contributed by atoms with E-state index in [-0.39, 0.29) is 0 Å². The molecule has 0 atom stereocenters. The number of rotatable bonds is 6. The first kappa shape index (κ1) is 19.4. The van der Waals surface area contributed by atoms with Crippen molar-refractivity contribution in [3.8, 4) is 45.6 Å². The maximum Gasteiger partial charge on any atom is 0.131 e. The standard InChI is InChI=1S/C23H19N7O2/c1-31-18-10-6-16(7-11-18)29-14-22(25-27-29)20-4-3-5-21(24-20)23-15-30(28-26-23)17-8-12-19(32-2)13-9-17/h3-15H,1-2H3. The van der Waals surface area contributed by atoms with E-state index in [0.717, 1.165) is 22.9 Å². The van der Waals surface area contributed by atoms with E-state index >= 15 is 0 Å². The predicted octanol–water partition coefficient (Wildman–Crippen LogP) is 3.59. The van der Waals surface area contributed by atoms with Crippen LogP contribution in [0.3, 0.4) is 0 Å². The lowest BCUT2D eigenvalue weighted by molar-refractivity contribution is 0.414. The van der Waals surface area contributed by atoms with Gasteiger partial charge in [0.2, 0.25) is 0 Å². The smallest absolute Gasteiger partial charge is 0.131 e. The molecule has 0 radical (unpaired) electrons. The lowest BCUT2D eigenvalue weighted by Crippen LogP contribution is -1.94. The number of nitrogens with zero attached hydrogens (tertiary/aromatic N) is 7. The molecule has 0 spiro atoms. The molecule has 2 aromatic carbocycles. The van der Waals surface area contributed by atoms with Gasteiger partial charge in [0.1, 0.15) is 22.9 Å². The summed E-state index contributed by atoms with van der Waals surface area (Å²) in [5.74, 6) is 1.57. The number of hydrogen-bond donors (Lipinski definition) is 0. The van der Waals surface area contributed by atoms with Crippen LogP contribution in [0, 0.1) is 0 Å². The van der Waals surface area contributed by atoms with E-state index < -0.39 is 0 Å². The third-order valence-corrected chi connectivity index (χ3v) is 4.93. The summed E-state index contributed by atoms with van der Waals surface area (Å²) in [7, 11) is 3.27. The van der Waals surface area contributed by atoms with Crippen LogP contribution in [0.25, 0.3) is 34.2 Å². The van der Waals surface area contributed by atoms with E-state index in [0.29, 0.717) is 22.8 Å². The number of aromatic nitrogens is 7. The van der Waals surface area contributed by atoms with Gasteiger partial charge < -0.3 is 9.47 Å². The number of pyridine rings is 1. The maximum atomic E-state index is 5.20. The number of hydrogen-bond acceptors (Lipinski definition) is 7. The SMILES string of the molecule is COc1ccc(-n2cc(-c3cccc(-c4cn(-c5ccc(OC)cc5)nn4)n3)nn2)cc1.